The van der Waals surface area contributed by atoms with Crippen LogP contribution in [-0.4, -0.2) is 39.5 Å². The quantitative estimate of drug-likeness (QED) is 0.542. The van der Waals surface area contributed by atoms with E-state index in [1.54, 1.807) is 28.6 Å². The first-order chi connectivity index (χ1) is 16.4. The van der Waals surface area contributed by atoms with Gasteiger partial charge in [-0.2, -0.15) is 5.26 Å². The normalized spacial score (nSPS) is 16.1. The number of amides is 1. The van der Waals surface area contributed by atoms with Crippen LogP contribution >= 0.6 is 11.6 Å². The lowest BCUT2D eigenvalue weighted by atomic mass is 9.98. The zero-order valence-corrected chi connectivity index (χ0v) is 20.0. The second-order valence-electron chi connectivity index (χ2n) is 9.34. The second kappa shape index (κ2) is 8.77. The number of aryl methyl sites for hydroxylation is 1. The Morgan fingerprint density at radius 2 is 2.06 bits per heavy atom. The number of likely N-dealkylation sites (tertiary alicyclic amines) is 1. The summed E-state index contributed by atoms with van der Waals surface area (Å²) in [7, 11) is 1.77. The predicted octanol–water partition coefficient (Wildman–Crippen LogP) is 4.11. The van der Waals surface area contributed by atoms with Gasteiger partial charge >= 0.3 is 0 Å². The molecule has 8 heteroatoms. The molecule has 1 aromatic carbocycles. The fourth-order valence-corrected chi connectivity index (χ4v) is 4.78. The summed E-state index contributed by atoms with van der Waals surface area (Å²) in [5, 5.41) is 14.2. The number of nitrogens with one attached hydrogen (secondary N) is 1. The molecule has 1 amide bonds. The highest BCUT2D eigenvalue weighted by Gasteiger charge is 2.28. The molecule has 0 unspecified atom stereocenters. The van der Waals surface area contributed by atoms with Crippen LogP contribution in [0.25, 0.3) is 10.9 Å². The first-order valence-electron chi connectivity index (χ1n) is 11.6. The molecule has 2 aromatic heterocycles. The maximum absolute atomic E-state index is 12.7. The smallest absolute Gasteiger partial charge is 0.272 e. The topological polar surface area (TPSA) is 91.0 Å². The third-order valence-corrected chi connectivity index (χ3v) is 7.22. The lowest BCUT2D eigenvalue weighted by Crippen LogP contribution is -2.42. The molecule has 3 heterocycles. The van der Waals surface area contributed by atoms with Crippen LogP contribution in [0.5, 0.6) is 0 Å². The fourth-order valence-electron chi connectivity index (χ4n) is 4.53. The van der Waals surface area contributed by atoms with Crippen LogP contribution in [0.3, 0.4) is 0 Å². The van der Waals surface area contributed by atoms with Gasteiger partial charge in [0.1, 0.15) is 16.9 Å². The van der Waals surface area contributed by atoms with Crippen molar-refractivity contribution < 1.29 is 4.79 Å². The number of hydrogen-bond donors (Lipinski definition) is 1. The number of carbonyl (C=O) groups excluding carboxylic acids is 1. The van der Waals surface area contributed by atoms with Gasteiger partial charge in [-0.05, 0) is 67.9 Å². The Kier molecular flexibility index (Phi) is 5.78. The lowest BCUT2D eigenvalue weighted by molar-refractivity contribution is 0.0645. The predicted molar refractivity (Wildman–Crippen MR) is 132 cm³/mol. The molecule has 34 heavy (non-hydrogen) atoms. The van der Waals surface area contributed by atoms with Crippen molar-refractivity contribution in [2.24, 2.45) is 13.0 Å². The third kappa shape index (κ3) is 4.14. The van der Waals surface area contributed by atoms with Crippen molar-refractivity contribution in [1.29, 1.82) is 5.26 Å². The van der Waals surface area contributed by atoms with Gasteiger partial charge in [-0.15, -0.1) is 0 Å². The Balaban J connectivity index is 1.54. The van der Waals surface area contributed by atoms with Gasteiger partial charge in [-0.25, -0.2) is 4.98 Å². The van der Waals surface area contributed by atoms with Gasteiger partial charge in [0.15, 0.2) is 0 Å². The van der Waals surface area contributed by atoms with Gasteiger partial charge in [0.05, 0.1) is 11.1 Å². The van der Waals surface area contributed by atoms with Crippen LogP contribution in [0.2, 0.25) is 5.15 Å². The Bertz CT molecular complexity index is 1400. The van der Waals surface area contributed by atoms with Crippen molar-refractivity contribution in [3.8, 4) is 6.07 Å². The maximum Gasteiger partial charge on any atom is 0.272 e. The van der Waals surface area contributed by atoms with E-state index in [1.165, 1.54) is 12.8 Å². The van der Waals surface area contributed by atoms with E-state index in [9.17, 15) is 14.9 Å². The van der Waals surface area contributed by atoms with Crippen LogP contribution in [0.1, 0.15) is 53.4 Å². The van der Waals surface area contributed by atoms with E-state index in [2.05, 4.69) is 23.3 Å². The highest BCUT2D eigenvalue weighted by atomic mass is 35.5. The molecular weight excluding hydrogens is 450 g/mol. The van der Waals surface area contributed by atoms with Gasteiger partial charge < -0.3 is 14.8 Å². The second-order valence-corrected chi connectivity index (χ2v) is 9.70. The van der Waals surface area contributed by atoms with Crippen molar-refractivity contribution in [1.82, 2.24) is 14.5 Å². The largest absolute Gasteiger partial charge is 0.382 e. The molecular formula is C26H26ClN5O2. The molecule has 0 spiro atoms. The summed E-state index contributed by atoms with van der Waals surface area (Å²) in [5.41, 5.74) is 3.76. The van der Waals surface area contributed by atoms with Crippen molar-refractivity contribution in [3.63, 3.8) is 0 Å². The highest BCUT2D eigenvalue weighted by molar-refractivity contribution is 6.30. The summed E-state index contributed by atoms with van der Waals surface area (Å²) in [6, 6.07) is 11.7. The van der Waals surface area contributed by atoms with Crippen LogP contribution < -0.4 is 10.9 Å². The highest BCUT2D eigenvalue weighted by Crippen LogP contribution is 2.35. The van der Waals surface area contributed by atoms with E-state index in [0.29, 0.717) is 37.0 Å². The van der Waals surface area contributed by atoms with Crippen molar-refractivity contribution in [2.45, 2.75) is 38.6 Å². The number of halogens is 1. The Hall–Kier alpha value is -3.37. The fraction of sp³-hybridized carbons (Fsp3) is 0.385. The number of benzene rings is 1. The molecule has 5 rings (SSSR count). The molecule has 1 N–H and O–H groups in total. The molecule has 174 valence electrons. The standard InChI is InChI=1S/C26H26ClN5O2/c1-15(17-5-6-17)29-21-13-24(33)31(2)23-7-4-16(11-19(21)23)10-18-12-22(26(34)32-8-3-9-32)30-25(27)20(18)14-28/h4,7,11-13,15,17,29H,3,5-6,8-10H2,1-2H3/t15-/m1/s1. The third-order valence-electron chi connectivity index (χ3n) is 6.95. The van der Waals surface area contributed by atoms with E-state index < -0.39 is 0 Å². The molecule has 2 fully saturated rings. The van der Waals surface area contributed by atoms with E-state index >= 15 is 0 Å². The van der Waals surface area contributed by atoms with Crippen LogP contribution in [0, 0.1) is 17.2 Å². The van der Waals surface area contributed by atoms with Gasteiger partial charge in [0.25, 0.3) is 11.5 Å². The molecule has 7 nitrogen and oxygen atoms in total. The van der Waals surface area contributed by atoms with Crippen LogP contribution in [0.4, 0.5) is 5.69 Å². The molecule has 1 atom stereocenters. The number of hydrogen-bond acceptors (Lipinski definition) is 5. The number of aromatic nitrogens is 2. The van der Waals surface area contributed by atoms with E-state index in [4.69, 9.17) is 11.6 Å². The van der Waals surface area contributed by atoms with Gasteiger partial charge in [-0.1, -0.05) is 17.7 Å². The van der Waals surface area contributed by atoms with E-state index in [0.717, 1.165) is 28.6 Å². The van der Waals surface area contributed by atoms with Crippen LogP contribution in [0.15, 0.2) is 35.1 Å². The lowest BCUT2D eigenvalue weighted by Gasteiger charge is -2.30. The summed E-state index contributed by atoms with van der Waals surface area (Å²) in [6.07, 6.45) is 3.82. The minimum Gasteiger partial charge on any atom is -0.382 e. The average molecular weight is 476 g/mol. The SMILES string of the molecule is C[C@@H](Nc1cc(=O)n(C)c2ccc(Cc3cc(C(=O)N4CCC4)nc(Cl)c3C#N)cc12)C1CC1. The minimum atomic E-state index is -0.159. The Morgan fingerprint density at radius 3 is 2.71 bits per heavy atom. The molecule has 0 radical (unpaired) electrons. The molecule has 1 saturated heterocycles. The minimum absolute atomic E-state index is 0.0488. The zero-order valence-electron chi connectivity index (χ0n) is 19.3. The number of carbonyl (C=O) groups is 1. The molecule has 0 bridgehead atoms. The summed E-state index contributed by atoms with van der Waals surface area (Å²) in [4.78, 5) is 31.2. The Labute approximate surface area is 203 Å². The summed E-state index contributed by atoms with van der Waals surface area (Å²) in [5.74, 6) is 0.481. The molecule has 1 saturated carbocycles. The molecule has 3 aromatic rings. The number of pyridine rings is 2. The van der Waals surface area contributed by atoms with Gasteiger partial charge in [-0.3, -0.25) is 9.59 Å². The molecule has 1 aliphatic heterocycles. The van der Waals surface area contributed by atoms with Crippen LogP contribution in [-0.2, 0) is 13.5 Å². The van der Waals surface area contributed by atoms with E-state index in [1.807, 2.05) is 18.2 Å². The van der Waals surface area contributed by atoms with Crippen molar-refractivity contribution in [3.05, 3.63) is 68.2 Å². The number of nitrogens with zero attached hydrogens (tertiary/aromatic N) is 4. The number of rotatable bonds is 6. The molecule has 1 aliphatic carbocycles. The molecule has 2 aliphatic rings. The first kappa shape index (κ1) is 22.4. The van der Waals surface area contributed by atoms with Gasteiger partial charge in [0.2, 0.25) is 0 Å². The van der Waals surface area contributed by atoms with Gasteiger partial charge in [0, 0.05) is 43.3 Å². The zero-order chi connectivity index (χ0) is 24.0. The van der Waals surface area contributed by atoms with E-state index in [-0.39, 0.29) is 27.9 Å². The number of anilines is 1. The van der Waals surface area contributed by atoms with Crippen molar-refractivity contribution in [2.75, 3.05) is 18.4 Å². The summed E-state index contributed by atoms with van der Waals surface area (Å²) < 4.78 is 1.64. The Morgan fingerprint density at radius 1 is 1.29 bits per heavy atom. The summed E-state index contributed by atoms with van der Waals surface area (Å²) >= 11 is 6.31. The number of fused-ring (bicyclic) bond motifs is 1. The van der Waals surface area contributed by atoms with Crippen molar-refractivity contribution >= 4 is 34.1 Å². The maximum atomic E-state index is 12.7. The average Bonchev–Trinajstić information content (AvgIpc) is 3.61. The number of nitriles is 1. The summed E-state index contributed by atoms with van der Waals surface area (Å²) in [6.45, 7) is 3.58. The monoisotopic (exact) mass is 475 g/mol. The first-order valence-corrected chi connectivity index (χ1v) is 12.0.